The molecule has 0 amide bonds. The highest BCUT2D eigenvalue weighted by molar-refractivity contribution is 8.01. The maximum absolute atomic E-state index is 8.62. The van der Waals surface area contributed by atoms with Crippen LogP contribution in [0.5, 0.6) is 0 Å². The first-order valence-corrected chi connectivity index (χ1v) is 6.87. The van der Waals surface area contributed by atoms with Crippen LogP contribution in [0.3, 0.4) is 0 Å². The topological polar surface area (TPSA) is 101 Å². The van der Waals surface area contributed by atoms with Crippen LogP contribution in [0.4, 0.5) is 5.13 Å². The number of aromatic nitrogens is 3. The van der Waals surface area contributed by atoms with E-state index in [0.29, 0.717) is 10.7 Å². The number of pyridine rings is 1. The molecular formula is C10H12N6OS2. The van der Waals surface area contributed by atoms with Crippen molar-refractivity contribution in [3.8, 4) is 0 Å². The molecule has 2 heterocycles. The smallest absolute Gasteiger partial charge is 0.208 e. The first-order chi connectivity index (χ1) is 9.10. The minimum atomic E-state index is -0.0197. The third-order valence-corrected chi connectivity index (χ3v) is 4.14. The molecule has 3 N–H and O–H groups in total. The summed E-state index contributed by atoms with van der Waals surface area (Å²) in [7, 11) is 3.82. The van der Waals surface area contributed by atoms with Gasteiger partial charge in [-0.1, -0.05) is 22.6 Å². The van der Waals surface area contributed by atoms with Crippen molar-refractivity contribution in [2.45, 2.75) is 9.37 Å². The average Bonchev–Trinajstić information content (AvgIpc) is 2.87. The van der Waals surface area contributed by atoms with Gasteiger partial charge in [0.05, 0.1) is 0 Å². The molecule has 0 aliphatic carbocycles. The van der Waals surface area contributed by atoms with E-state index in [2.05, 4.69) is 20.3 Å². The Morgan fingerprint density at radius 2 is 2.21 bits per heavy atom. The molecule has 100 valence electrons. The van der Waals surface area contributed by atoms with Crippen molar-refractivity contribution >= 4 is 34.1 Å². The quantitative estimate of drug-likeness (QED) is 0.379. The molecule has 0 aliphatic rings. The van der Waals surface area contributed by atoms with Gasteiger partial charge in [0.25, 0.3) is 0 Å². The van der Waals surface area contributed by atoms with Crippen molar-refractivity contribution in [2.75, 3.05) is 19.0 Å². The number of nitrogens with two attached hydrogens (primary N) is 1. The maximum atomic E-state index is 8.62. The van der Waals surface area contributed by atoms with E-state index in [0.717, 1.165) is 9.47 Å². The third kappa shape index (κ3) is 3.32. The molecule has 0 bridgehead atoms. The monoisotopic (exact) mass is 296 g/mol. The van der Waals surface area contributed by atoms with Crippen molar-refractivity contribution in [3.05, 3.63) is 23.9 Å². The zero-order valence-corrected chi connectivity index (χ0v) is 11.9. The fourth-order valence-corrected chi connectivity index (χ4v) is 2.88. The Morgan fingerprint density at radius 3 is 2.84 bits per heavy atom. The summed E-state index contributed by atoms with van der Waals surface area (Å²) in [6.07, 6.45) is 0. The summed E-state index contributed by atoms with van der Waals surface area (Å²) in [6.45, 7) is 0. The SMILES string of the molecule is CN(C)c1nnc(Sc2cccc(C(N)=NO)n2)s1. The second-order valence-corrected chi connectivity index (χ2v) is 5.92. The molecule has 0 saturated heterocycles. The summed E-state index contributed by atoms with van der Waals surface area (Å²) < 4.78 is 0.785. The summed E-state index contributed by atoms with van der Waals surface area (Å²) in [6, 6.07) is 5.29. The second-order valence-electron chi connectivity index (χ2n) is 3.69. The van der Waals surface area contributed by atoms with Crippen LogP contribution in [0, 0.1) is 0 Å². The lowest BCUT2D eigenvalue weighted by Gasteiger charge is -2.03. The Kier molecular flexibility index (Phi) is 4.17. The third-order valence-electron chi connectivity index (χ3n) is 2.06. The summed E-state index contributed by atoms with van der Waals surface area (Å²) in [5.41, 5.74) is 5.92. The van der Waals surface area contributed by atoms with Crippen molar-refractivity contribution < 1.29 is 5.21 Å². The van der Waals surface area contributed by atoms with E-state index in [9.17, 15) is 0 Å². The molecule has 0 aliphatic heterocycles. The Hall–Kier alpha value is -1.87. The maximum Gasteiger partial charge on any atom is 0.208 e. The number of oxime groups is 1. The van der Waals surface area contributed by atoms with E-state index in [4.69, 9.17) is 10.9 Å². The van der Waals surface area contributed by atoms with Crippen LogP contribution < -0.4 is 10.6 Å². The van der Waals surface area contributed by atoms with Gasteiger partial charge in [0, 0.05) is 14.1 Å². The van der Waals surface area contributed by atoms with E-state index < -0.39 is 0 Å². The van der Waals surface area contributed by atoms with E-state index in [-0.39, 0.29) is 5.84 Å². The van der Waals surface area contributed by atoms with Crippen molar-refractivity contribution in [2.24, 2.45) is 10.9 Å². The molecule has 0 fully saturated rings. The van der Waals surface area contributed by atoms with Gasteiger partial charge in [-0.05, 0) is 23.9 Å². The van der Waals surface area contributed by atoms with Crippen LogP contribution in [0.2, 0.25) is 0 Å². The Morgan fingerprint density at radius 1 is 1.42 bits per heavy atom. The number of anilines is 1. The van der Waals surface area contributed by atoms with Gasteiger partial charge in [-0.2, -0.15) is 0 Å². The predicted octanol–water partition coefficient (Wildman–Crippen LogP) is 1.24. The van der Waals surface area contributed by atoms with Crippen LogP contribution in [-0.2, 0) is 0 Å². The van der Waals surface area contributed by atoms with Gasteiger partial charge in [-0.25, -0.2) is 4.98 Å². The minimum Gasteiger partial charge on any atom is -0.409 e. The summed E-state index contributed by atoms with van der Waals surface area (Å²) in [5.74, 6) is -0.0197. The van der Waals surface area contributed by atoms with Gasteiger partial charge in [-0.15, -0.1) is 10.2 Å². The summed E-state index contributed by atoms with van der Waals surface area (Å²) in [4.78, 5) is 6.16. The largest absolute Gasteiger partial charge is 0.409 e. The van der Waals surface area contributed by atoms with Crippen molar-refractivity contribution in [1.82, 2.24) is 15.2 Å². The molecule has 0 saturated carbocycles. The number of amidine groups is 1. The fourth-order valence-electron chi connectivity index (χ4n) is 1.18. The van der Waals surface area contributed by atoms with Crippen LogP contribution in [0.1, 0.15) is 5.69 Å². The van der Waals surface area contributed by atoms with Crippen molar-refractivity contribution in [1.29, 1.82) is 0 Å². The van der Waals surface area contributed by atoms with Crippen molar-refractivity contribution in [3.63, 3.8) is 0 Å². The lowest BCUT2D eigenvalue weighted by molar-refractivity contribution is 0.318. The van der Waals surface area contributed by atoms with E-state index in [1.54, 1.807) is 12.1 Å². The molecule has 2 rings (SSSR count). The van der Waals surface area contributed by atoms with Gasteiger partial charge in [0.15, 0.2) is 10.2 Å². The van der Waals surface area contributed by atoms with Crippen LogP contribution in [0.15, 0.2) is 32.7 Å². The zero-order chi connectivity index (χ0) is 13.8. The highest BCUT2D eigenvalue weighted by Gasteiger charge is 2.09. The highest BCUT2D eigenvalue weighted by atomic mass is 32.2. The van der Waals surface area contributed by atoms with Gasteiger partial charge < -0.3 is 15.8 Å². The number of hydrogen-bond acceptors (Lipinski definition) is 8. The average molecular weight is 296 g/mol. The molecule has 19 heavy (non-hydrogen) atoms. The fraction of sp³-hybridized carbons (Fsp3) is 0.200. The van der Waals surface area contributed by atoms with E-state index >= 15 is 0 Å². The molecule has 7 nitrogen and oxygen atoms in total. The normalized spacial score (nSPS) is 11.6. The lowest BCUT2D eigenvalue weighted by atomic mass is 10.3. The number of hydrogen-bond donors (Lipinski definition) is 2. The van der Waals surface area contributed by atoms with Gasteiger partial charge >= 0.3 is 0 Å². The molecule has 0 aromatic carbocycles. The predicted molar refractivity (Wildman–Crippen MR) is 75.1 cm³/mol. The minimum absolute atomic E-state index is 0.0197. The molecule has 9 heteroatoms. The summed E-state index contributed by atoms with van der Waals surface area (Å²) >= 11 is 2.85. The van der Waals surface area contributed by atoms with Crippen LogP contribution >= 0.6 is 23.1 Å². The molecule has 0 unspecified atom stereocenters. The molecule has 2 aromatic rings. The lowest BCUT2D eigenvalue weighted by Crippen LogP contribution is -2.14. The standard InChI is InChI=1S/C10H12N6OS2/c1-16(2)9-13-14-10(19-9)18-7-5-3-4-6(12-7)8(11)15-17/h3-5,17H,1-2H3,(H2,11,15). The second kappa shape index (κ2) is 5.85. The highest BCUT2D eigenvalue weighted by Crippen LogP contribution is 2.31. The first kappa shape index (κ1) is 13.6. The molecule has 0 radical (unpaired) electrons. The van der Waals surface area contributed by atoms with E-state index in [1.807, 2.05) is 25.1 Å². The molecular weight excluding hydrogens is 284 g/mol. The molecule has 0 atom stereocenters. The number of nitrogens with zero attached hydrogens (tertiary/aromatic N) is 5. The Labute approximate surface area is 118 Å². The van der Waals surface area contributed by atoms with E-state index in [1.165, 1.54) is 23.1 Å². The number of rotatable bonds is 4. The van der Waals surface area contributed by atoms with Gasteiger partial charge in [-0.3, -0.25) is 0 Å². The van der Waals surface area contributed by atoms with Gasteiger partial charge in [0.1, 0.15) is 10.7 Å². The Bertz CT molecular complexity index is 597. The Balaban J connectivity index is 2.18. The zero-order valence-electron chi connectivity index (χ0n) is 10.3. The summed E-state index contributed by atoms with van der Waals surface area (Å²) in [5, 5.41) is 21.2. The molecule has 2 aromatic heterocycles. The first-order valence-electron chi connectivity index (χ1n) is 5.24. The molecule has 0 spiro atoms. The van der Waals surface area contributed by atoms with Crippen LogP contribution in [0.25, 0.3) is 0 Å². The van der Waals surface area contributed by atoms with Crippen LogP contribution in [-0.4, -0.2) is 40.3 Å². The van der Waals surface area contributed by atoms with Gasteiger partial charge in [0.2, 0.25) is 5.13 Å².